The highest BCUT2D eigenvalue weighted by atomic mass is 16.3. The second-order valence-electron chi connectivity index (χ2n) is 6.41. The summed E-state index contributed by atoms with van der Waals surface area (Å²) in [7, 11) is 0. The van der Waals surface area contributed by atoms with Crippen molar-refractivity contribution in [3.8, 4) is 0 Å². The number of carbonyl (C=O) groups excluding carboxylic acids is 1. The zero-order chi connectivity index (χ0) is 13.1. The van der Waals surface area contributed by atoms with Crippen molar-refractivity contribution in [2.24, 2.45) is 11.8 Å². The van der Waals surface area contributed by atoms with Crippen LogP contribution in [0.4, 0.5) is 0 Å². The van der Waals surface area contributed by atoms with Gasteiger partial charge in [-0.3, -0.25) is 4.79 Å². The van der Waals surface area contributed by atoms with Crippen molar-refractivity contribution in [1.82, 2.24) is 5.32 Å². The molecule has 0 aromatic carbocycles. The van der Waals surface area contributed by atoms with E-state index in [9.17, 15) is 9.90 Å². The third-order valence-corrected chi connectivity index (χ3v) is 3.67. The van der Waals surface area contributed by atoms with Gasteiger partial charge in [-0.25, -0.2) is 0 Å². The number of hydrogen-bond acceptors (Lipinski definition) is 2. The fraction of sp³-hybridized carbons (Fsp3) is 0.929. The third kappa shape index (κ3) is 5.53. The van der Waals surface area contributed by atoms with Crippen LogP contribution in [0.25, 0.3) is 0 Å². The molecule has 17 heavy (non-hydrogen) atoms. The van der Waals surface area contributed by atoms with Crippen LogP contribution < -0.4 is 5.32 Å². The van der Waals surface area contributed by atoms with E-state index in [0.717, 1.165) is 24.7 Å². The Morgan fingerprint density at radius 1 is 1.29 bits per heavy atom. The Bertz CT molecular complexity index is 247. The van der Waals surface area contributed by atoms with E-state index in [-0.39, 0.29) is 12.3 Å². The number of nitrogens with one attached hydrogen (secondary N) is 1. The van der Waals surface area contributed by atoms with Crippen molar-refractivity contribution in [2.45, 2.75) is 71.4 Å². The average Bonchev–Trinajstić information content (AvgIpc) is 2.15. The predicted molar refractivity (Wildman–Crippen MR) is 69.6 cm³/mol. The minimum absolute atomic E-state index is 0.0227. The molecular formula is C14H27NO2. The van der Waals surface area contributed by atoms with Crippen LogP contribution in [0.5, 0.6) is 0 Å². The van der Waals surface area contributed by atoms with Crippen molar-refractivity contribution in [2.75, 3.05) is 0 Å². The second kappa shape index (κ2) is 5.85. The van der Waals surface area contributed by atoms with Gasteiger partial charge in [-0.1, -0.05) is 13.8 Å². The Balaban J connectivity index is 2.29. The summed E-state index contributed by atoms with van der Waals surface area (Å²) in [6.07, 6.45) is 4.79. The minimum atomic E-state index is -0.904. The van der Waals surface area contributed by atoms with E-state index in [1.807, 2.05) is 0 Å². The maximum Gasteiger partial charge on any atom is 0.223 e. The Morgan fingerprint density at radius 2 is 1.82 bits per heavy atom. The summed E-state index contributed by atoms with van der Waals surface area (Å²) in [5, 5.41) is 12.6. The van der Waals surface area contributed by atoms with Crippen LogP contribution in [0, 0.1) is 11.8 Å². The first-order valence-corrected chi connectivity index (χ1v) is 6.79. The van der Waals surface area contributed by atoms with Crippen LogP contribution in [0.1, 0.15) is 59.8 Å². The number of aliphatic hydroxyl groups is 1. The van der Waals surface area contributed by atoms with E-state index in [1.54, 1.807) is 13.8 Å². The van der Waals surface area contributed by atoms with Crippen LogP contribution in [-0.2, 0) is 4.79 Å². The molecule has 0 saturated heterocycles. The smallest absolute Gasteiger partial charge is 0.223 e. The normalized spacial score (nSPS) is 26.0. The summed E-state index contributed by atoms with van der Waals surface area (Å²) in [6.45, 7) is 7.89. The summed E-state index contributed by atoms with van der Waals surface area (Å²) in [4.78, 5) is 11.7. The molecule has 1 saturated carbocycles. The van der Waals surface area contributed by atoms with Crippen molar-refractivity contribution in [3.63, 3.8) is 0 Å². The molecule has 0 aromatic rings. The predicted octanol–water partition coefficient (Wildman–Crippen LogP) is 2.48. The molecule has 1 aliphatic carbocycles. The Hall–Kier alpha value is -0.570. The van der Waals surface area contributed by atoms with Crippen molar-refractivity contribution in [1.29, 1.82) is 0 Å². The molecule has 1 aliphatic rings. The van der Waals surface area contributed by atoms with Gasteiger partial charge in [0.2, 0.25) is 5.91 Å². The third-order valence-electron chi connectivity index (χ3n) is 3.67. The first kappa shape index (κ1) is 14.5. The lowest BCUT2D eigenvalue weighted by Crippen LogP contribution is -2.41. The highest BCUT2D eigenvalue weighted by Crippen LogP contribution is 2.29. The van der Waals surface area contributed by atoms with Gasteiger partial charge in [0.1, 0.15) is 0 Å². The highest BCUT2D eigenvalue weighted by Gasteiger charge is 2.25. The SMILES string of the molecule is CC(C)[C@H]1CC[C@H](NC(=O)CC(C)(C)O)CC1. The van der Waals surface area contributed by atoms with E-state index in [2.05, 4.69) is 19.2 Å². The van der Waals surface area contributed by atoms with Crippen LogP contribution in [0.2, 0.25) is 0 Å². The molecule has 0 heterocycles. The molecule has 100 valence electrons. The average molecular weight is 241 g/mol. The molecular weight excluding hydrogens is 214 g/mol. The second-order valence-corrected chi connectivity index (χ2v) is 6.41. The fourth-order valence-electron chi connectivity index (χ4n) is 2.60. The summed E-state index contributed by atoms with van der Waals surface area (Å²) in [5.74, 6) is 1.55. The largest absolute Gasteiger partial charge is 0.390 e. The molecule has 3 heteroatoms. The lowest BCUT2D eigenvalue weighted by molar-refractivity contribution is -0.125. The molecule has 3 nitrogen and oxygen atoms in total. The maximum absolute atomic E-state index is 11.7. The fourth-order valence-corrected chi connectivity index (χ4v) is 2.60. The van der Waals surface area contributed by atoms with Crippen LogP contribution in [-0.4, -0.2) is 22.7 Å². The van der Waals surface area contributed by atoms with Gasteiger partial charge in [0.15, 0.2) is 0 Å². The lowest BCUT2D eigenvalue weighted by Gasteiger charge is -2.31. The summed E-state index contributed by atoms with van der Waals surface area (Å²) in [6, 6.07) is 0.319. The Kier molecular flexibility index (Phi) is 4.99. The summed E-state index contributed by atoms with van der Waals surface area (Å²) >= 11 is 0. The summed E-state index contributed by atoms with van der Waals surface area (Å²) in [5.41, 5.74) is -0.904. The maximum atomic E-state index is 11.7. The molecule has 0 atom stereocenters. The summed E-state index contributed by atoms with van der Waals surface area (Å²) < 4.78 is 0. The zero-order valence-electron chi connectivity index (χ0n) is 11.6. The Labute approximate surface area is 105 Å². The Morgan fingerprint density at radius 3 is 2.24 bits per heavy atom. The molecule has 1 fully saturated rings. The van der Waals surface area contributed by atoms with Gasteiger partial charge < -0.3 is 10.4 Å². The van der Waals surface area contributed by atoms with Crippen LogP contribution >= 0.6 is 0 Å². The zero-order valence-corrected chi connectivity index (χ0v) is 11.6. The number of rotatable bonds is 4. The molecule has 0 spiro atoms. The van der Waals surface area contributed by atoms with E-state index >= 15 is 0 Å². The molecule has 0 radical (unpaired) electrons. The van der Waals surface area contributed by atoms with E-state index in [0.29, 0.717) is 6.04 Å². The molecule has 1 amide bonds. The van der Waals surface area contributed by atoms with Crippen LogP contribution in [0.15, 0.2) is 0 Å². The monoisotopic (exact) mass is 241 g/mol. The van der Waals surface area contributed by atoms with E-state index < -0.39 is 5.60 Å². The molecule has 2 N–H and O–H groups in total. The van der Waals surface area contributed by atoms with Gasteiger partial charge in [-0.05, 0) is 51.4 Å². The molecule has 0 aromatic heterocycles. The van der Waals surface area contributed by atoms with Crippen molar-refractivity contribution < 1.29 is 9.90 Å². The lowest BCUT2D eigenvalue weighted by atomic mass is 9.79. The van der Waals surface area contributed by atoms with Gasteiger partial charge in [-0.2, -0.15) is 0 Å². The van der Waals surface area contributed by atoms with Crippen molar-refractivity contribution in [3.05, 3.63) is 0 Å². The first-order valence-electron chi connectivity index (χ1n) is 6.79. The highest BCUT2D eigenvalue weighted by molar-refractivity contribution is 5.77. The molecule has 1 rings (SSSR count). The van der Waals surface area contributed by atoms with Gasteiger partial charge >= 0.3 is 0 Å². The number of carbonyl (C=O) groups is 1. The quantitative estimate of drug-likeness (QED) is 0.794. The van der Waals surface area contributed by atoms with E-state index in [4.69, 9.17) is 0 Å². The first-order chi connectivity index (χ1) is 7.78. The van der Waals surface area contributed by atoms with Crippen molar-refractivity contribution >= 4 is 5.91 Å². The topological polar surface area (TPSA) is 49.3 Å². The standard InChI is InChI=1S/C14H27NO2/c1-10(2)11-5-7-12(8-6-11)15-13(16)9-14(3,4)17/h10-12,17H,5-9H2,1-4H3,(H,15,16)/t11-,12-. The molecule has 0 unspecified atom stereocenters. The number of hydrogen-bond donors (Lipinski definition) is 2. The minimum Gasteiger partial charge on any atom is -0.390 e. The van der Waals surface area contributed by atoms with Gasteiger partial charge in [0.25, 0.3) is 0 Å². The molecule has 0 bridgehead atoms. The van der Waals surface area contributed by atoms with Gasteiger partial charge in [0, 0.05) is 6.04 Å². The van der Waals surface area contributed by atoms with E-state index in [1.165, 1.54) is 12.8 Å². The molecule has 0 aliphatic heterocycles. The van der Waals surface area contributed by atoms with Gasteiger partial charge in [0.05, 0.1) is 12.0 Å². The van der Waals surface area contributed by atoms with Crippen LogP contribution in [0.3, 0.4) is 0 Å². The van der Waals surface area contributed by atoms with Gasteiger partial charge in [-0.15, -0.1) is 0 Å². The number of amides is 1.